The van der Waals surface area contributed by atoms with Gasteiger partial charge in [-0.2, -0.15) is 13.2 Å². The summed E-state index contributed by atoms with van der Waals surface area (Å²) in [5.41, 5.74) is 1.90. The maximum Gasteiger partial charge on any atom is 0.471 e. The second-order valence-electron chi connectivity index (χ2n) is 8.28. The van der Waals surface area contributed by atoms with E-state index in [1.54, 1.807) is 28.4 Å². The molecule has 1 aliphatic rings. The van der Waals surface area contributed by atoms with Gasteiger partial charge in [0.1, 0.15) is 11.6 Å². The maximum atomic E-state index is 13.1. The number of nitrogens with one attached hydrogen (secondary N) is 3. The Bertz CT molecular complexity index is 1280. The van der Waals surface area contributed by atoms with Crippen molar-refractivity contribution in [3.8, 4) is 0 Å². The standard InChI is InChI=1S/C24H23ClF4N6O2/c25-15-1-6-18-19(13-15)33-21(30-7-8-31-22(36)24(27,28)29)14-20(18)34-9-11-35(12-10-34)23(37)32-17-4-2-16(26)3-5-17/h1-6,13-14H,7-12H2,(H,30,33)(H,31,36)(H,32,37). The zero-order chi connectivity index (χ0) is 26.6. The number of urea groups is 1. The number of pyridine rings is 1. The van der Waals surface area contributed by atoms with Gasteiger partial charge in [-0.15, -0.1) is 0 Å². The van der Waals surface area contributed by atoms with E-state index in [0.717, 1.165) is 11.1 Å². The van der Waals surface area contributed by atoms with Gasteiger partial charge in [0.2, 0.25) is 0 Å². The van der Waals surface area contributed by atoms with E-state index < -0.39 is 17.9 Å². The van der Waals surface area contributed by atoms with Crippen molar-refractivity contribution < 1.29 is 27.2 Å². The molecular formula is C24H23ClF4N6O2. The third-order valence-corrected chi connectivity index (χ3v) is 5.96. The van der Waals surface area contributed by atoms with Crippen molar-refractivity contribution in [1.29, 1.82) is 0 Å². The van der Waals surface area contributed by atoms with Crippen molar-refractivity contribution in [2.75, 3.05) is 54.8 Å². The van der Waals surface area contributed by atoms with E-state index in [0.29, 0.717) is 48.2 Å². The first-order valence-corrected chi connectivity index (χ1v) is 11.7. The first-order chi connectivity index (χ1) is 17.6. The van der Waals surface area contributed by atoms with Gasteiger partial charge in [0, 0.05) is 67.1 Å². The molecule has 196 valence electrons. The van der Waals surface area contributed by atoms with Gasteiger partial charge in [0.15, 0.2) is 0 Å². The summed E-state index contributed by atoms with van der Waals surface area (Å²) in [6.07, 6.45) is -4.94. The number of aromatic nitrogens is 1. The molecule has 37 heavy (non-hydrogen) atoms. The minimum Gasteiger partial charge on any atom is -0.368 e. The highest BCUT2D eigenvalue weighted by molar-refractivity contribution is 6.31. The third kappa shape index (κ3) is 6.70. The first kappa shape index (κ1) is 26.3. The van der Waals surface area contributed by atoms with Gasteiger partial charge < -0.3 is 25.8 Å². The van der Waals surface area contributed by atoms with Gasteiger partial charge in [0.05, 0.1) is 5.52 Å². The monoisotopic (exact) mass is 538 g/mol. The van der Waals surface area contributed by atoms with E-state index in [2.05, 4.69) is 20.5 Å². The average molecular weight is 539 g/mol. The van der Waals surface area contributed by atoms with E-state index >= 15 is 0 Å². The molecule has 8 nitrogen and oxygen atoms in total. The zero-order valence-corrected chi connectivity index (χ0v) is 20.2. The Hall–Kier alpha value is -3.80. The van der Waals surface area contributed by atoms with Gasteiger partial charge in [-0.05, 0) is 42.5 Å². The summed E-state index contributed by atoms with van der Waals surface area (Å²) in [5.74, 6) is -1.99. The predicted octanol–water partition coefficient (Wildman–Crippen LogP) is 4.47. The fourth-order valence-electron chi connectivity index (χ4n) is 3.89. The van der Waals surface area contributed by atoms with Crippen LogP contribution in [0.4, 0.5) is 39.5 Å². The van der Waals surface area contributed by atoms with E-state index in [1.807, 2.05) is 6.07 Å². The van der Waals surface area contributed by atoms with Gasteiger partial charge in [-0.1, -0.05) is 11.6 Å². The number of alkyl halides is 3. The van der Waals surface area contributed by atoms with E-state index in [4.69, 9.17) is 11.6 Å². The molecule has 1 fully saturated rings. The molecule has 0 radical (unpaired) electrons. The number of hydrogen-bond donors (Lipinski definition) is 3. The largest absolute Gasteiger partial charge is 0.471 e. The summed E-state index contributed by atoms with van der Waals surface area (Å²) in [6.45, 7) is 1.66. The second-order valence-corrected chi connectivity index (χ2v) is 8.72. The first-order valence-electron chi connectivity index (χ1n) is 11.4. The Labute approximate surface area is 214 Å². The molecule has 3 amide bonds. The molecule has 1 aromatic heterocycles. The van der Waals surface area contributed by atoms with Crippen LogP contribution in [0.15, 0.2) is 48.5 Å². The number of halogens is 5. The number of benzene rings is 2. The molecule has 4 rings (SSSR count). The molecule has 3 aromatic rings. The molecule has 1 aliphatic heterocycles. The van der Waals surface area contributed by atoms with Crippen molar-refractivity contribution in [1.82, 2.24) is 15.2 Å². The van der Waals surface area contributed by atoms with Crippen molar-refractivity contribution in [3.63, 3.8) is 0 Å². The molecule has 0 unspecified atom stereocenters. The van der Waals surface area contributed by atoms with E-state index in [9.17, 15) is 27.2 Å². The van der Waals surface area contributed by atoms with Crippen LogP contribution < -0.4 is 20.9 Å². The minimum atomic E-state index is -4.94. The SMILES string of the molecule is O=C(Nc1ccc(F)cc1)N1CCN(c2cc(NCCNC(=O)C(F)(F)F)nc3cc(Cl)ccc23)CC1. The summed E-state index contributed by atoms with van der Waals surface area (Å²) in [6, 6.07) is 12.2. The van der Waals surface area contributed by atoms with Crippen LogP contribution in [0.25, 0.3) is 10.9 Å². The summed E-state index contributed by atoms with van der Waals surface area (Å²) in [7, 11) is 0. The Kier molecular flexibility index (Phi) is 7.86. The number of piperazine rings is 1. The number of hydrogen-bond acceptors (Lipinski definition) is 5. The third-order valence-electron chi connectivity index (χ3n) is 5.73. The molecule has 0 spiro atoms. The van der Waals surface area contributed by atoms with Crippen LogP contribution in [0, 0.1) is 5.82 Å². The molecule has 3 N–H and O–H groups in total. The number of carbonyl (C=O) groups is 2. The van der Waals surface area contributed by atoms with E-state index in [-0.39, 0.29) is 19.1 Å². The Balaban J connectivity index is 1.42. The lowest BCUT2D eigenvalue weighted by Gasteiger charge is -2.36. The van der Waals surface area contributed by atoms with Gasteiger partial charge in [-0.3, -0.25) is 4.79 Å². The highest BCUT2D eigenvalue weighted by Crippen LogP contribution is 2.31. The molecule has 0 saturated carbocycles. The number of amides is 3. The molecule has 0 bridgehead atoms. The Morgan fingerprint density at radius 3 is 2.35 bits per heavy atom. The highest BCUT2D eigenvalue weighted by atomic mass is 35.5. The average Bonchev–Trinajstić information content (AvgIpc) is 2.86. The number of rotatable bonds is 6. The Morgan fingerprint density at radius 1 is 0.973 bits per heavy atom. The molecule has 1 saturated heterocycles. The van der Waals surface area contributed by atoms with Crippen LogP contribution in [0.5, 0.6) is 0 Å². The van der Waals surface area contributed by atoms with Crippen LogP contribution in [0.1, 0.15) is 0 Å². The van der Waals surface area contributed by atoms with Crippen LogP contribution >= 0.6 is 11.6 Å². The predicted molar refractivity (Wildman–Crippen MR) is 134 cm³/mol. The van der Waals surface area contributed by atoms with Crippen molar-refractivity contribution in [2.24, 2.45) is 0 Å². The number of nitrogens with zero attached hydrogens (tertiary/aromatic N) is 3. The smallest absolute Gasteiger partial charge is 0.368 e. The molecule has 2 heterocycles. The lowest BCUT2D eigenvalue weighted by molar-refractivity contribution is -0.173. The topological polar surface area (TPSA) is 89.6 Å². The maximum absolute atomic E-state index is 13.1. The zero-order valence-electron chi connectivity index (χ0n) is 19.4. The summed E-state index contributed by atoms with van der Waals surface area (Å²) >= 11 is 6.14. The van der Waals surface area contributed by atoms with Crippen molar-refractivity contribution in [2.45, 2.75) is 6.18 Å². The Morgan fingerprint density at radius 2 is 1.68 bits per heavy atom. The van der Waals surface area contributed by atoms with Crippen LogP contribution in [-0.2, 0) is 4.79 Å². The van der Waals surface area contributed by atoms with Gasteiger partial charge >= 0.3 is 18.1 Å². The van der Waals surface area contributed by atoms with Crippen LogP contribution in [0.3, 0.4) is 0 Å². The number of carbonyl (C=O) groups excluding carboxylic acids is 2. The molecule has 0 aliphatic carbocycles. The van der Waals surface area contributed by atoms with Gasteiger partial charge in [-0.25, -0.2) is 14.2 Å². The van der Waals surface area contributed by atoms with Crippen molar-refractivity contribution >= 4 is 51.6 Å². The van der Waals surface area contributed by atoms with Crippen molar-refractivity contribution in [3.05, 3.63) is 59.4 Å². The van der Waals surface area contributed by atoms with Crippen LogP contribution in [0.2, 0.25) is 5.02 Å². The minimum absolute atomic E-state index is 0.0255. The molecular weight excluding hydrogens is 516 g/mol. The van der Waals surface area contributed by atoms with E-state index in [1.165, 1.54) is 24.3 Å². The molecule has 0 atom stereocenters. The number of fused-ring (bicyclic) bond motifs is 1. The molecule has 2 aromatic carbocycles. The molecule has 13 heteroatoms. The second kappa shape index (κ2) is 11.1. The lowest BCUT2D eigenvalue weighted by Crippen LogP contribution is -2.50. The normalized spacial score (nSPS) is 14.0. The number of anilines is 3. The highest BCUT2D eigenvalue weighted by Gasteiger charge is 2.38. The quantitative estimate of drug-likeness (QED) is 0.318. The fraction of sp³-hybridized carbons (Fsp3) is 0.292. The fourth-order valence-corrected chi connectivity index (χ4v) is 4.05. The lowest BCUT2D eigenvalue weighted by atomic mass is 10.1. The summed E-state index contributed by atoms with van der Waals surface area (Å²) in [4.78, 5) is 31.8. The summed E-state index contributed by atoms with van der Waals surface area (Å²) < 4.78 is 50.2. The summed E-state index contributed by atoms with van der Waals surface area (Å²) in [5, 5.41) is 8.79. The van der Waals surface area contributed by atoms with Gasteiger partial charge in [0.25, 0.3) is 0 Å². The van der Waals surface area contributed by atoms with Crippen LogP contribution in [-0.4, -0.2) is 67.3 Å².